The first-order valence-corrected chi connectivity index (χ1v) is 4.37. The van der Waals surface area contributed by atoms with Crippen LogP contribution in [0.3, 0.4) is 0 Å². The summed E-state index contributed by atoms with van der Waals surface area (Å²) in [5.41, 5.74) is 8.72. The van der Waals surface area contributed by atoms with Gasteiger partial charge in [0.2, 0.25) is 0 Å². The number of hydrogen-bond acceptors (Lipinski definition) is 4. The molecule has 0 atom stereocenters. The van der Waals surface area contributed by atoms with Crippen LogP contribution in [0.2, 0.25) is 0 Å². The molecule has 0 aliphatic carbocycles. The summed E-state index contributed by atoms with van der Waals surface area (Å²) in [4.78, 5) is 14.3. The van der Waals surface area contributed by atoms with Crippen molar-refractivity contribution in [1.29, 1.82) is 5.53 Å². The fourth-order valence-electron chi connectivity index (χ4n) is 1.22. The van der Waals surface area contributed by atoms with Crippen LogP contribution in [0.15, 0.2) is 11.2 Å². The maximum Gasteiger partial charge on any atom is 0.339 e. The van der Waals surface area contributed by atoms with E-state index in [4.69, 9.17) is 10.3 Å². The minimum atomic E-state index is -0.336. The van der Waals surface area contributed by atoms with Gasteiger partial charge in [-0.2, -0.15) is 5.11 Å². The molecule has 1 aromatic heterocycles. The fraction of sp³-hybridized carbons (Fsp3) is 0.444. The Kier molecular flexibility index (Phi) is 3.39. The number of aromatic nitrogens is 1. The largest absolute Gasteiger partial charge is 0.462 e. The number of carbonyl (C=O) groups excluding carboxylic acids is 1. The molecule has 0 amide bonds. The van der Waals surface area contributed by atoms with Crippen molar-refractivity contribution in [3.8, 4) is 0 Å². The number of aryl methyl sites for hydroxylation is 1. The number of rotatable bonds is 4. The van der Waals surface area contributed by atoms with Crippen molar-refractivity contribution in [2.45, 2.75) is 20.4 Å². The molecule has 76 valence electrons. The van der Waals surface area contributed by atoms with Crippen molar-refractivity contribution in [3.05, 3.63) is 23.0 Å². The molecule has 2 N–H and O–H groups in total. The topological polar surface area (TPSA) is 78.3 Å². The molecular weight excluding hydrogens is 182 g/mol. The lowest BCUT2D eigenvalue weighted by Crippen LogP contribution is -2.04. The summed E-state index contributed by atoms with van der Waals surface area (Å²) in [6, 6.07) is 1.67. The summed E-state index contributed by atoms with van der Waals surface area (Å²) in [6.07, 6.45) is 0. The molecule has 0 bridgehead atoms. The van der Waals surface area contributed by atoms with Crippen LogP contribution < -0.4 is 0 Å². The van der Waals surface area contributed by atoms with E-state index >= 15 is 0 Å². The second-order valence-electron chi connectivity index (χ2n) is 2.87. The second kappa shape index (κ2) is 4.55. The van der Waals surface area contributed by atoms with Crippen molar-refractivity contribution in [3.63, 3.8) is 0 Å². The minimum Gasteiger partial charge on any atom is -0.462 e. The SMILES string of the molecule is CCOC(=O)c1cc(CN=N)[nH]c1C. The molecule has 5 nitrogen and oxygen atoms in total. The van der Waals surface area contributed by atoms with Gasteiger partial charge in [0, 0.05) is 11.4 Å². The predicted octanol–water partition coefficient (Wildman–Crippen LogP) is 2.03. The number of H-pyrrole nitrogens is 1. The van der Waals surface area contributed by atoms with Crippen LogP contribution in [0.1, 0.15) is 28.7 Å². The van der Waals surface area contributed by atoms with E-state index in [1.54, 1.807) is 19.9 Å². The van der Waals surface area contributed by atoms with Crippen LogP contribution in [0.4, 0.5) is 0 Å². The minimum absolute atomic E-state index is 0.264. The van der Waals surface area contributed by atoms with Crippen molar-refractivity contribution >= 4 is 5.97 Å². The zero-order chi connectivity index (χ0) is 10.6. The van der Waals surface area contributed by atoms with Gasteiger partial charge in [-0.3, -0.25) is 0 Å². The van der Waals surface area contributed by atoms with E-state index in [1.807, 2.05) is 0 Å². The van der Waals surface area contributed by atoms with Crippen LogP contribution in [0.5, 0.6) is 0 Å². The Morgan fingerprint density at radius 1 is 1.71 bits per heavy atom. The van der Waals surface area contributed by atoms with E-state index in [0.717, 1.165) is 11.4 Å². The van der Waals surface area contributed by atoms with Crippen molar-refractivity contribution < 1.29 is 9.53 Å². The maximum absolute atomic E-state index is 11.4. The molecule has 1 rings (SSSR count). The molecule has 0 radical (unpaired) electrons. The predicted molar refractivity (Wildman–Crippen MR) is 50.3 cm³/mol. The average Bonchev–Trinajstić information content (AvgIpc) is 2.48. The van der Waals surface area contributed by atoms with Crippen LogP contribution in [0, 0.1) is 12.5 Å². The number of nitrogens with one attached hydrogen (secondary N) is 2. The highest BCUT2D eigenvalue weighted by Gasteiger charge is 2.12. The van der Waals surface area contributed by atoms with E-state index in [9.17, 15) is 4.79 Å². The van der Waals surface area contributed by atoms with Crippen LogP contribution >= 0.6 is 0 Å². The third kappa shape index (κ3) is 2.18. The molecule has 0 fully saturated rings. The molecule has 14 heavy (non-hydrogen) atoms. The number of nitrogens with zero attached hydrogens (tertiary/aromatic N) is 1. The first kappa shape index (κ1) is 10.4. The Morgan fingerprint density at radius 3 is 3.00 bits per heavy atom. The fourth-order valence-corrected chi connectivity index (χ4v) is 1.22. The number of carbonyl (C=O) groups is 1. The summed E-state index contributed by atoms with van der Waals surface area (Å²) >= 11 is 0. The Balaban J connectivity index is 2.86. The van der Waals surface area contributed by atoms with Gasteiger partial charge in [0.1, 0.15) is 0 Å². The van der Waals surface area contributed by atoms with Crippen molar-refractivity contribution in [2.24, 2.45) is 5.11 Å². The monoisotopic (exact) mass is 195 g/mol. The molecule has 0 aromatic carbocycles. The Bertz CT molecular complexity index is 344. The van der Waals surface area contributed by atoms with Gasteiger partial charge in [-0.25, -0.2) is 10.3 Å². The molecule has 1 heterocycles. The average molecular weight is 195 g/mol. The molecule has 0 saturated carbocycles. The molecule has 0 spiro atoms. The van der Waals surface area contributed by atoms with Crippen molar-refractivity contribution in [2.75, 3.05) is 6.61 Å². The zero-order valence-electron chi connectivity index (χ0n) is 8.26. The van der Waals surface area contributed by atoms with E-state index in [2.05, 4.69) is 10.1 Å². The molecular formula is C9H13N3O2. The molecule has 0 saturated heterocycles. The normalized spacial score (nSPS) is 9.86. The third-order valence-corrected chi connectivity index (χ3v) is 1.82. The highest BCUT2D eigenvalue weighted by atomic mass is 16.5. The van der Waals surface area contributed by atoms with Gasteiger partial charge >= 0.3 is 5.97 Å². The van der Waals surface area contributed by atoms with Crippen LogP contribution in [-0.2, 0) is 11.3 Å². The smallest absolute Gasteiger partial charge is 0.339 e. The first-order chi connectivity index (χ1) is 6.69. The number of ether oxygens (including phenoxy) is 1. The second-order valence-corrected chi connectivity index (χ2v) is 2.87. The van der Waals surface area contributed by atoms with Gasteiger partial charge < -0.3 is 9.72 Å². The lowest BCUT2D eigenvalue weighted by Gasteiger charge is -1.98. The van der Waals surface area contributed by atoms with Gasteiger partial charge in [-0.1, -0.05) is 0 Å². The molecule has 0 unspecified atom stereocenters. The van der Waals surface area contributed by atoms with Gasteiger partial charge in [-0.05, 0) is 19.9 Å². The Morgan fingerprint density at radius 2 is 2.43 bits per heavy atom. The summed E-state index contributed by atoms with van der Waals surface area (Å²) in [6.45, 7) is 4.18. The number of hydrogen-bond donors (Lipinski definition) is 2. The molecule has 5 heteroatoms. The van der Waals surface area contributed by atoms with E-state index in [-0.39, 0.29) is 12.5 Å². The third-order valence-electron chi connectivity index (χ3n) is 1.82. The molecule has 1 aromatic rings. The zero-order valence-corrected chi connectivity index (χ0v) is 8.26. The lowest BCUT2D eigenvalue weighted by molar-refractivity contribution is 0.0525. The van der Waals surface area contributed by atoms with Crippen LogP contribution in [0.25, 0.3) is 0 Å². The van der Waals surface area contributed by atoms with Gasteiger partial charge in [0.05, 0.1) is 18.7 Å². The number of aromatic amines is 1. The highest BCUT2D eigenvalue weighted by Crippen LogP contribution is 2.12. The van der Waals surface area contributed by atoms with E-state index in [1.165, 1.54) is 0 Å². The quantitative estimate of drug-likeness (QED) is 0.569. The van der Waals surface area contributed by atoms with E-state index in [0.29, 0.717) is 12.2 Å². The first-order valence-electron chi connectivity index (χ1n) is 4.37. The standard InChI is InChI=1S/C9H13N3O2/c1-3-14-9(13)8-4-7(5-11-10)12-6(8)2/h4,10,12H,3,5H2,1-2H3. The summed E-state index contributed by atoms with van der Waals surface area (Å²) in [7, 11) is 0. The maximum atomic E-state index is 11.4. The summed E-state index contributed by atoms with van der Waals surface area (Å²) in [5, 5.41) is 3.23. The van der Waals surface area contributed by atoms with Gasteiger partial charge in [0.25, 0.3) is 0 Å². The summed E-state index contributed by atoms with van der Waals surface area (Å²) < 4.78 is 4.86. The lowest BCUT2D eigenvalue weighted by atomic mass is 10.2. The van der Waals surface area contributed by atoms with Gasteiger partial charge in [-0.15, -0.1) is 0 Å². The molecule has 0 aliphatic heterocycles. The Labute approximate surface area is 82.0 Å². The molecule has 0 aliphatic rings. The van der Waals surface area contributed by atoms with Gasteiger partial charge in [0.15, 0.2) is 0 Å². The highest BCUT2D eigenvalue weighted by molar-refractivity contribution is 5.90. The van der Waals surface area contributed by atoms with Crippen molar-refractivity contribution in [1.82, 2.24) is 4.98 Å². The van der Waals surface area contributed by atoms with E-state index < -0.39 is 0 Å². The summed E-state index contributed by atoms with van der Waals surface area (Å²) in [5.74, 6) is -0.336. The Hall–Kier alpha value is -1.65. The van der Waals surface area contributed by atoms with Crippen LogP contribution in [-0.4, -0.2) is 17.6 Å². The number of esters is 1.